The molecule has 462 valence electrons. The molecule has 0 aromatic rings. The predicted molar refractivity (Wildman–Crippen MR) is 343 cm³/mol. The molecule has 0 rings (SSSR count). The Morgan fingerprint density at radius 2 is 0.603 bits per heavy atom. The Morgan fingerprint density at radius 1 is 0.346 bits per heavy atom. The summed E-state index contributed by atoms with van der Waals surface area (Å²) in [4.78, 5) is 24.5. The van der Waals surface area contributed by atoms with E-state index in [0.717, 1.165) is 44.9 Å². The fourth-order valence-electron chi connectivity index (χ4n) is 11.3. The van der Waals surface area contributed by atoms with Crippen LogP contribution in [-0.4, -0.2) is 47.4 Å². The van der Waals surface area contributed by atoms with Crippen LogP contribution in [-0.2, 0) is 14.3 Å². The van der Waals surface area contributed by atoms with Crippen LogP contribution in [0.15, 0.2) is 24.3 Å². The topological polar surface area (TPSA) is 95.9 Å². The second kappa shape index (κ2) is 67.8. The fraction of sp³-hybridized carbons (Fsp3) is 0.917. The number of carbonyl (C=O) groups excluding carboxylic acids is 2. The predicted octanol–water partition coefficient (Wildman–Crippen LogP) is 22.9. The Kier molecular flexibility index (Phi) is 66.4. The number of hydrogen-bond donors (Lipinski definition) is 3. The molecule has 0 saturated heterocycles. The number of allylic oxidation sites excluding steroid dienone is 3. The summed E-state index contributed by atoms with van der Waals surface area (Å²) < 4.78 is 5.48. The summed E-state index contributed by atoms with van der Waals surface area (Å²) >= 11 is 0. The lowest BCUT2D eigenvalue weighted by molar-refractivity contribution is -0.143. The minimum Gasteiger partial charge on any atom is -0.466 e. The molecular formula is C72H139NO5. The number of amides is 1. The van der Waals surface area contributed by atoms with Crippen molar-refractivity contribution in [2.75, 3.05) is 13.2 Å². The molecule has 78 heavy (non-hydrogen) atoms. The van der Waals surface area contributed by atoms with Crippen LogP contribution >= 0.6 is 0 Å². The van der Waals surface area contributed by atoms with Crippen LogP contribution in [0.3, 0.4) is 0 Å². The van der Waals surface area contributed by atoms with Crippen molar-refractivity contribution in [1.29, 1.82) is 0 Å². The number of aliphatic hydroxyl groups is 2. The first-order valence-electron chi connectivity index (χ1n) is 35.6. The van der Waals surface area contributed by atoms with Gasteiger partial charge in [0.05, 0.1) is 25.4 Å². The summed E-state index contributed by atoms with van der Waals surface area (Å²) in [5.41, 5.74) is 0. The maximum absolute atomic E-state index is 12.5. The van der Waals surface area contributed by atoms with E-state index in [1.807, 2.05) is 6.08 Å². The minimum atomic E-state index is -0.841. The van der Waals surface area contributed by atoms with E-state index in [1.165, 1.54) is 327 Å². The number of ether oxygens (including phenoxy) is 1. The molecule has 0 aliphatic rings. The second-order valence-corrected chi connectivity index (χ2v) is 24.6. The lowest BCUT2D eigenvalue weighted by Gasteiger charge is -2.20. The number of unbranched alkanes of at least 4 members (excludes halogenated alkanes) is 54. The van der Waals surface area contributed by atoms with Crippen LogP contribution in [0.4, 0.5) is 0 Å². The number of hydrogen-bond acceptors (Lipinski definition) is 5. The zero-order valence-electron chi connectivity index (χ0n) is 52.9. The van der Waals surface area contributed by atoms with Crippen LogP contribution in [0.1, 0.15) is 399 Å². The molecule has 6 nitrogen and oxygen atoms in total. The lowest BCUT2D eigenvalue weighted by atomic mass is 10.0. The molecule has 2 atom stereocenters. The summed E-state index contributed by atoms with van der Waals surface area (Å²) in [5.74, 6) is -0.0485. The average Bonchev–Trinajstić information content (AvgIpc) is 3.44. The van der Waals surface area contributed by atoms with Gasteiger partial charge in [-0.3, -0.25) is 9.59 Å². The number of carbonyl (C=O) groups is 2. The van der Waals surface area contributed by atoms with E-state index >= 15 is 0 Å². The monoisotopic (exact) mass is 1100 g/mol. The third-order valence-corrected chi connectivity index (χ3v) is 16.7. The summed E-state index contributed by atoms with van der Waals surface area (Å²) in [6, 6.07) is -0.624. The van der Waals surface area contributed by atoms with Crippen LogP contribution < -0.4 is 5.32 Å². The Hall–Kier alpha value is -1.66. The van der Waals surface area contributed by atoms with Gasteiger partial charge in [-0.1, -0.05) is 353 Å². The molecule has 0 aliphatic heterocycles. The molecule has 0 aliphatic carbocycles. The van der Waals surface area contributed by atoms with Crippen molar-refractivity contribution in [3.63, 3.8) is 0 Å². The molecule has 3 N–H and O–H groups in total. The van der Waals surface area contributed by atoms with Gasteiger partial charge in [0.1, 0.15) is 0 Å². The van der Waals surface area contributed by atoms with E-state index in [4.69, 9.17) is 4.74 Å². The Morgan fingerprint density at radius 3 is 0.936 bits per heavy atom. The number of nitrogens with one attached hydrogen (secondary N) is 1. The van der Waals surface area contributed by atoms with Gasteiger partial charge in [-0.05, 0) is 57.8 Å². The SMILES string of the molecule is CCCCC/C=C\CCCCCCCC(=O)OCCCCCCCCCCCCCCCCCCCCCCCCCCCCCCCCCCCC(=O)NC(CO)C(O)/C=C/CCCCCCCCCCCCCCCC. The van der Waals surface area contributed by atoms with Crippen molar-refractivity contribution in [2.45, 2.75) is 411 Å². The van der Waals surface area contributed by atoms with E-state index in [0.29, 0.717) is 19.4 Å². The summed E-state index contributed by atoms with van der Waals surface area (Å²) in [5, 5.41) is 23.2. The average molecular weight is 1100 g/mol. The first-order valence-corrected chi connectivity index (χ1v) is 35.6. The zero-order valence-corrected chi connectivity index (χ0v) is 52.9. The van der Waals surface area contributed by atoms with E-state index in [2.05, 4.69) is 31.3 Å². The lowest BCUT2D eigenvalue weighted by Crippen LogP contribution is -2.45. The first-order chi connectivity index (χ1) is 38.5. The highest BCUT2D eigenvalue weighted by Crippen LogP contribution is 2.19. The normalized spacial score (nSPS) is 12.6. The molecule has 0 saturated carbocycles. The molecule has 6 heteroatoms. The van der Waals surface area contributed by atoms with Gasteiger partial charge >= 0.3 is 5.97 Å². The van der Waals surface area contributed by atoms with Crippen molar-refractivity contribution in [3.05, 3.63) is 24.3 Å². The molecule has 0 bridgehead atoms. The van der Waals surface area contributed by atoms with Gasteiger partial charge in [0.2, 0.25) is 5.91 Å². The molecule has 1 amide bonds. The fourth-order valence-corrected chi connectivity index (χ4v) is 11.3. The number of rotatable bonds is 67. The number of aliphatic hydroxyl groups excluding tert-OH is 2. The highest BCUT2D eigenvalue weighted by Gasteiger charge is 2.18. The van der Waals surface area contributed by atoms with Crippen LogP contribution in [0.5, 0.6) is 0 Å². The molecule has 0 spiro atoms. The van der Waals surface area contributed by atoms with Gasteiger partial charge in [0.15, 0.2) is 0 Å². The summed E-state index contributed by atoms with van der Waals surface area (Å²) in [7, 11) is 0. The quantitative estimate of drug-likeness (QED) is 0.0320. The van der Waals surface area contributed by atoms with Gasteiger partial charge < -0.3 is 20.3 Å². The second-order valence-electron chi connectivity index (χ2n) is 24.6. The Balaban J connectivity index is 3.33. The highest BCUT2D eigenvalue weighted by molar-refractivity contribution is 5.76. The zero-order chi connectivity index (χ0) is 56.4. The van der Waals surface area contributed by atoms with E-state index < -0.39 is 12.1 Å². The van der Waals surface area contributed by atoms with Crippen LogP contribution in [0, 0.1) is 0 Å². The Labute approximate surface area is 488 Å². The highest BCUT2D eigenvalue weighted by atomic mass is 16.5. The van der Waals surface area contributed by atoms with Gasteiger partial charge in [-0.15, -0.1) is 0 Å². The van der Waals surface area contributed by atoms with Crippen LogP contribution in [0.25, 0.3) is 0 Å². The molecule has 2 unspecified atom stereocenters. The van der Waals surface area contributed by atoms with Gasteiger partial charge in [0.25, 0.3) is 0 Å². The Bertz CT molecular complexity index is 1220. The molecule has 0 aromatic carbocycles. The van der Waals surface area contributed by atoms with Gasteiger partial charge in [-0.25, -0.2) is 0 Å². The molecular weight excluding hydrogens is 959 g/mol. The van der Waals surface area contributed by atoms with E-state index in [1.54, 1.807) is 6.08 Å². The smallest absolute Gasteiger partial charge is 0.305 e. The van der Waals surface area contributed by atoms with E-state index in [-0.39, 0.29) is 18.5 Å². The summed E-state index contributed by atoms with van der Waals surface area (Å²) in [6.07, 6.45) is 85.6. The van der Waals surface area contributed by atoms with Crippen molar-refractivity contribution >= 4 is 11.9 Å². The van der Waals surface area contributed by atoms with Crippen molar-refractivity contribution in [3.8, 4) is 0 Å². The maximum atomic E-state index is 12.5. The number of esters is 1. The maximum Gasteiger partial charge on any atom is 0.305 e. The third-order valence-electron chi connectivity index (χ3n) is 16.7. The van der Waals surface area contributed by atoms with Crippen molar-refractivity contribution in [2.24, 2.45) is 0 Å². The van der Waals surface area contributed by atoms with Crippen molar-refractivity contribution < 1.29 is 24.5 Å². The molecule has 0 heterocycles. The molecule has 0 fully saturated rings. The molecule has 0 radical (unpaired) electrons. The van der Waals surface area contributed by atoms with Crippen LogP contribution in [0.2, 0.25) is 0 Å². The minimum absolute atomic E-state index is 0.0118. The van der Waals surface area contributed by atoms with E-state index in [9.17, 15) is 19.8 Å². The standard InChI is InChI=1S/C72H139NO5/c1-3-5-7-9-11-13-15-17-18-38-41-44-48-52-56-60-64-70(75)69(68-74)73-71(76)65-61-57-53-49-45-42-39-36-34-32-30-28-26-24-22-20-19-21-23-25-27-29-31-33-35-37-40-43-47-51-55-59-63-67-78-72(77)66-62-58-54-50-46-16-14-12-10-8-6-4-2/h12,14,60,64,69-70,74-75H,3-11,13,15-59,61-63,65-68H2,1-2H3,(H,73,76)/b14-12-,64-60+. The largest absolute Gasteiger partial charge is 0.466 e. The van der Waals surface area contributed by atoms with Crippen molar-refractivity contribution in [1.82, 2.24) is 5.32 Å². The van der Waals surface area contributed by atoms with Gasteiger partial charge in [-0.2, -0.15) is 0 Å². The molecule has 0 aromatic heterocycles. The summed E-state index contributed by atoms with van der Waals surface area (Å²) in [6.45, 7) is 4.91. The van der Waals surface area contributed by atoms with Gasteiger partial charge in [0, 0.05) is 12.8 Å². The third kappa shape index (κ3) is 63.5. The first kappa shape index (κ1) is 76.3.